The summed E-state index contributed by atoms with van der Waals surface area (Å²) in [7, 11) is -3.53. The van der Waals surface area contributed by atoms with Crippen molar-refractivity contribution >= 4 is 33.0 Å². The Morgan fingerprint density at radius 3 is 2.55 bits per heavy atom. The van der Waals surface area contributed by atoms with Gasteiger partial charge in [0.05, 0.1) is 4.34 Å². The third-order valence-corrected chi connectivity index (χ3v) is 7.82. The van der Waals surface area contributed by atoms with Gasteiger partial charge in [-0.05, 0) is 24.1 Å². The first-order valence-corrected chi connectivity index (χ1v) is 9.59. The van der Waals surface area contributed by atoms with E-state index in [1.54, 1.807) is 13.0 Å². The van der Waals surface area contributed by atoms with Crippen LogP contribution in [-0.2, 0) is 10.0 Å². The highest BCUT2D eigenvalue weighted by Gasteiger charge is 2.39. The smallest absolute Gasteiger partial charge is 0.252 e. The fraction of sp³-hybridized carbons (Fsp3) is 0.333. The molecule has 0 saturated carbocycles. The van der Waals surface area contributed by atoms with Gasteiger partial charge in [0, 0.05) is 25.0 Å². The first-order valence-electron chi connectivity index (χ1n) is 6.96. The maximum Gasteiger partial charge on any atom is 0.252 e. The highest BCUT2D eigenvalue weighted by Crippen LogP contribution is 2.35. The standard InChI is InChI=1S/C15H17ClN2O2S2/c1-10-7-14(21-15(10)16)22(19,20)18-8-12(13(17)9-18)11-5-3-2-4-6-11/h2-7,12-13H,8-9,17H2,1H3/t12-,13+/m0/s1. The molecule has 0 aliphatic carbocycles. The van der Waals surface area contributed by atoms with Crippen LogP contribution >= 0.6 is 22.9 Å². The second-order valence-electron chi connectivity index (χ2n) is 5.53. The summed E-state index contributed by atoms with van der Waals surface area (Å²) in [6.07, 6.45) is 0. The van der Waals surface area contributed by atoms with E-state index in [9.17, 15) is 8.42 Å². The lowest BCUT2D eigenvalue weighted by Crippen LogP contribution is -2.31. The number of sulfonamides is 1. The average molecular weight is 357 g/mol. The summed E-state index contributed by atoms with van der Waals surface area (Å²) in [5.41, 5.74) is 8.04. The van der Waals surface area contributed by atoms with Gasteiger partial charge in [0.15, 0.2) is 0 Å². The minimum Gasteiger partial charge on any atom is -0.326 e. The number of halogens is 1. The Kier molecular flexibility index (Phi) is 4.31. The van der Waals surface area contributed by atoms with Crippen molar-refractivity contribution < 1.29 is 8.42 Å². The van der Waals surface area contributed by atoms with E-state index in [2.05, 4.69) is 0 Å². The molecule has 2 aromatic rings. The molecule has 1 fully saturated rings. The molecule has 3 rings (SSSR count). The van der Waals surface area contributed by atoms with Crippen LogP contribution in [0, 0.1) is 6.92 Å². The molecular weight excluding hydrogens is 340 g/mol. The minimum absolute atomic E-state index is 0.0208. The van der Waals surface area contributed by atoms with E-state index in [1.807, 2.05) is 30.3 Å². The van der Waals surface area contributed by atoms with Crippen LogP contribution < -0.4 is 5.73 Å². The number of benzene rings is 1. The summed E-state index contributed by atoms with van der Waals surface area (Å²) in [5.74, 6) is 0.0208. The largest absolute Gasteiger partial charge is 0.326 e. The van der Waals surface area contributed by atoms with Gasteiger partial charge in [-0.2, -0.15) is 4.31 Å². The lowest BCUT2D eigenvalue weighted by atomic mass is 9.95. The van der Waals surface area contributed by atoms with Crippen LogP contribution in [0.5, 0.6) is 0 Å². The van der Waals surface area contributed by atoms with E-state index in [0.29, 0.717) is 17.4 Å². The maximum atomic E-state index is 12.7. The molecule has 2 atom stereocenters. The number of hydrogen-bond acceptors (Lipinski definition) is 4. The van der Waals surface area contributed by atoms with Crippen LogP contribution in [0.4, 0.5) is 0 Å². The molecule has 1 aliphatic rings. The summed E-state index contributed by atoms with van der Waals surface area (Å²) in [6.45, 7) is 2.54. The minimum atomic E-state index is -3.53. The molecule has 22 heavy (non-hydrogen) atoms. The zero-order valence-electron chi connectivity index (χ0n) is 12.1. The fourth-order valence-corrected chi connectivity index (χ4v) is 6.09. The average Bonchev–Trinajstić information content (AvgIpc) is 3.04. The summed E-state index contributed by atoms with van der Waals surface area (Å²) in [5, 5.41) is 0. The molecule has 1 aromatic heterocycles. The molecule has 4 nitrogen and oxygen atoms in total. The first kappa shape index (κ1) is 16.0. The summed E-state index contributed by atoms with van der Waals surface area (Å²) in [4.78, 5) is 0. The number of rotatable bonds is 3. The molecule has 2 N–H and O–H groups in total. The molecular formula is C15H17ClN2O2S2. The molecule has 1 saturated heterocycles. The van der Waals surface area contributed by atoms with E-state index >= 15 is 0 Å². The van der Waals surface area contributed by atoms with E-state index in [1.165, 1.54) is 4.31 Å². The molecule has 1 aromatic carbocycles. The van der Waals surface area contributed by atoms with Crippen LogP contribution in [0.1, 0.15) is 17.0 Å². The summed E-state index contributed by atoms with van der Waals surface area (Å²) < 4.78 is 27.8. The number of nitrogens with zero attached hydrogens (tertiary/aromatic N) is 1. The zero-order valence-corrected chi connectivity index (χ0v) is 14.5. The van der Waals surface area contributed by atoms with Gasteiger partial charge in [-0.3, -0.25) is 0 Å². The van der Waals surface area contributed by atoms with Gasteiger partial charge < -0.3 is 5.73 Å². The van der Waals surface area contributed by atoms with Crippen molar-refractivity contribution in [2.75, 3.05) is 13.1 Å². The van der Waals surface area contributed by atoms with Crippen molar-refractivity contribution in [3.05, 3.63) is 51.9 Å². The van der Waals surface area contributed by atoms with E-state index < -0.39 is 10.0 Å². The number of aryl methyl sites for hydroxylation is 1. The van der Waals surface area contributed by atoms with Crippen molar-refractivity contribution in [3.63, 3.8) is 0 Å². The van der Waals surface area contributed by atoms with Gasteiger partial charge in [-0.1, -0.05) is 41.9 Å². The van der Waals surface area contributed by atoms with Gasteiger partial charge in [-0.25, -0.2) is 8.42 Å². The van der Waals surface area contributed by atoms with Crippen molar-refractivity contribution in [1.82, 2.24) is 4.31 Å². The van der Waals surface area contributed by atoms with E-state index in [-0.39, 0.29) is 16.2 Å². The topological polar surface area (TPSA) is 63.4 Å². The van der Waals surface area contributed by atoms with Crippen LogP contribution in [0.2, 0.25) is 4.34 Å². The first-order chi connectivity index (χ1) is 10.4. The Bertz CT molecular complexity index is 755. The number of thiophene rings is 1. The Balaban J connectivity index is 1.87. The highest BCUT2D eigenvalue weighted by molar-refractivity contribution is 7.91. The van der Waals surface area contributed by atoms with Crippen LogP contribution in [-0.4, -0.2) is 31.9 Å². The number of nitrogens with two attached hydrogens (primary N) is 1. The second-order valence-corrected chi connectivity index (χ2v) is 9.34. The van der Waals surface area contributed by atoms with E-state index in [0.717, 1.165) is 22.5 Å². The fourth-order valence-electron chi connectivity index (χ4n) is 2.73. The van der Waals surface area contributed by atoms with Gasteiger partial charge in [0.2, 0.25) is 0 Å². The van der Waals surface area contributed by atoms with Crippen LogP contribution in [0.25, 0.3) is 0 Å². The molecule has 1 aliphatic heterocycles. The molecule has 7 heteroatoms. The third kappa shape index (κ3) is 2.81. The van der Waals surface area contributed by atoms with Crippen molar-refractivity contribution in [2.24, 2.45) is 5.73 Å². The Labute approximate surface area is 139 Å². The normalized spacial score (nSPS) is 23.0. The molecule has 0 radical (unpaired) electrons. The predicted octanol–water partition coefficient (Wildman–Crippen LogP) is 2.83. The Hall–Kier alpha value is -0.920. The van der Waals surface area contributed by atoms with E-state index in [4.69, 9.17) is 17.3 Å². The monoisotopic (exact) mass is 356 g/mol. The van der Waals surface area contributed by atoms with Crippen molar-refractivity contribution in [2.45, 2.75) is 23.1 Å². The van der Waals surface area contributed by atoms with Gasteiger partial charge in [-0.15, -0.1) is 11.3 Å². The Morgan fingerprint density at radius 2 is 1.95 bits per heavy atom. The van der Waals surface area contributed by atoms with Gasteiger partial charge in [0.25, 0.3) is 10.0 Å². The molecule has 2 heterocycles. The second kappa shape index (κ2) is 5.94. The zero-order chi connectivity index (χ0) is 15.9. The maximum absolute atomic E-state index is 12.7. The third-order valence-electron chi connectivity index (χ3n) is 3.99. The quantitative estimate of drug-likeness (QED) is 0.919. The lowest BCUT2D eigenvalue weighted by molar-refractivity contribution is 0.472. The lowest BCUT2D eigenvalue weighted by Gasteiger charge is -2.15. The van der Waals surface area contributed by atoms with Crippen molar-refractivity contribution in [3.8, 4) is 0 Å². The molecule has 0 spiro atoms. The molecule has 0 amide bonds. The summed E-state index contributed by atoms with van der Waals surface area (Å²) in [6, 6.07) is 11.2. The van der Waals surface area contributed by atoms with Crippen molar-refractivity contribution in [1.29, 1.82) is 0 Å². The predicted molar refractivity (Wildman–Crippen MR) is 90.0 cm³/mol. The van der Waals surface area contributed by atoms with Crippen LogP contribution in [0.3, 0.4) is 0 Å². The highest BCUT2D eigenvalue weighted by atomic mass is 35.5. The molecule has 118 valence electrons. The summed E-state index contributed by atoms with van der Waals surface area (Å²) >= 11 is 7.11. The van der Waals surface area contributed by atoms with Crippen LogP contribution in [0.15, 0.2) is 40.6 Å². The van der Waals surface area contributed by atoms with Gasteiger partial charge >= 0.3 is 0 Å². The number of hydrogen-bond donors (Lipinski definition) is 1. The SMILES string of the molecule is Cc1cc(S(=O)(=O)N2C[C@@H](N)[C@H](c3ccccc3)C2)sc1Cl. The molecule has 0 bridgehead atoms. The van der Waals surface area contributed by atoms with Gasteiger partial charge in [0.1, 0.15) is 4.21 Å². The molecule has 0 unspecified atom stereocenters. The Morgan fingerprint density at radius 1 is 1.27 bits per heavy atom.